The number of thiol groups is 1. The lowest BCUT2D eigenvalue weighted by atomic mass is 9.93. The summed E-state index contributed by atoms with van der Waals surface area (Å²) in [6, 6.07) is 2.73. The van der Waals surface area contributed by atoms with Crippen molar-refractivity contribution in [1.29, 1.82) is 0 Å². The number of aromatic nitrogens is 1. The van der Waals surface area contributed by atoms with Gasteiger partial charge in [-0.1, -0.05) is 40.9 Å². The van der Waals surface area contributed by atoms with Crippen LogP contribution >= 0.6 is 31.0 Å². The molecule has 1 aromatic heterocycles. The maximum atomic E-state index is 13.0. The van der Waals surface area contributed by atoms with Crippen molar-refractivity contribution < 1.29 is 17.6 Å². The number of rotatable bonds is 6. The van der Waals surface area contributed by atoms with E-state index in [2.05, 4.69) is 38.6 Å². The fraction of sp³-hybridized carbons (Fsp3) is 0.409. The molecule has 0 saturated carbocycles. The first-order chi connectivity index (χ1) is 14.6. The smallest absolute Gasteiger partial charge is 0.387 e. The van der Waals surface area contributed by atoms with Crippen LogP contribution in [0, 0.1) is 11.7 Å². The van der Waals surface area contributed by atoms with Crippen LogP contribution in [-0.4, -0.2) is 23.7 Å². The molecule has 0 aliphatic carbocycles. The van der Waals surface area contributed by atoms with Gasteiger partial charge in [0, 0.05) is 17.8 Å². The number of hydrogen-bond acceptors (Lipinski definition) is 4. The van der Waals surface area contributed by atoms with Crippen molar-refractivity contribution in [3.63, 3.8) is 0 Å². The normalized spacial score (nSPS) is 17.2. The van der Waals surface area contributed by atoms with Crippen LogP contribution < -0.4 is 10.6 Å². The third-order valence-electron chi connectivity index (χ3n) is 4.20. The molecule has 2 N–H and O–H groups in total. The molecule has 9 heteroatoms. The number of halogens is 5. The van der Waals surface area contributed by atoms with E-state index >= 15 is 0 Å². The van der Waals surface area contributed by atoms with Crippen LogP contribution in [-0.2, 0) is 0 Å². The average molecular weight is 571 g/mol. The van der Waals surface area contributed by atoms with E-state index in [1.807, 2.05) is 35.1 Å². The predicted octanol–water partition coefficient (Wildman–Crippen LogP) is 7.43. The Bertz CT molecular complexity index is 772. The van der Waals surface area contributed by atoms with Crippen LogP contribution in [0.3, 0.4) is 0 Å². The lowest BCUT2D eigenvalue weighted by Crippen LogP contribution is -2.21. The summed E-state index contributed by atoms with van der Waals surface area (Å²) >= 11 is 1.84. The Labute approximate surface area is 200 Å². The number of hydrogen-bond donors (Lipinski definition) is 3. The van der Waals surface area contributed by atoms with Gasteiger partial charge in [-0.25, -0.2) is 9.37 Å². The van der Waals surface area contributed by atoms with Crippen LogP contribution in [0.5, 0.6) is 0 Å². The van der Waals surface area contributed by atoms with Gasteiger partial charge >= 0.3 is 6.18 Å². The Hall–Kier alpha value is -1.49. The molecule has 2 rings (SSSR count). The zero-order valence-electron chi connectivity index (χ0n) is 18.2. The SMILES string of the molecule is C=C(/C=C1\NCCC1Nc1ccc(F)cn1)/C(=C/C(=C)C(F)(F)F)C(C)C.CC.SI. The average Bonchev–Trinajstić information content (AvgIpc) is 3.16. The van der Waals surface area contributed by atoms with E-state index in [4.69, 9.17) is 0 Å². The molecule has 0 amide bonds. The van der Waals surface area contributed by atoms with Crippen molar-refractivity contribution in [1.82, 2.24) is 10.3 Å². The molecule has 0 aromatic carbocycles. The second-order valence-corrected chi connectivity index (χ2v) is 6.68. The summed E-state index contributed by atoms with van der Waals surface area (Å²) in [5.41, 5.74) is 0.849. The highest BCUT2D eigenvalue weighted by atomic mass is 127. The summed E-state index contributed by atoms with van der Waals surface area (Å²) in [5, 5.41) is 6.40. The van der Waals surface area contributed by atoms with Crippen molar-refractivity contribution in [3.05, 3.63) is 71.9 Å². The van der Waals surface area contributed by atoms with Gasteiger partial charge in [0.2, 0.25) is 0 Å². The highest BCUT2D eigenvalue weighted by Gasteiger charge is 2.31. The Morgan fingerprint density at radius 1 is 1.29 bits per heavy atom. The fourth-order valence-corrected chi connectivity index (χ4v) is 2.75. The molecule has 1 aliphatic rings. The van der Waals surface area contributed by atoms with Crippen LogP contribution in [0.15, 0.2) is 66.1 Å². The van der Waals surface area contributed by atoms with Crippen molar-refractivity contribution >= 4 is 36.8 Å². The minimum Gasteiger partial charge on any atom is -0.387 e. The quantitative estimate of drug-likeness (QED) is 0.144. The Balaban J connectivity index is 0.00000212. The predicted molar refractivity (Wildman–Crippen MR) is 134 cm³/mol. The van der Waals surface area contributed by atoms with Crippen molar-refractivity contribution in [2.45, 2.75) is 46.3 Å². The second kappa shape index (κ2) is 14.5. The van der Waals surface area contributed by atoms with E-state index in [1.54, 1.807) is 19.9 Å². The van der Waals surface area contributed by atoms with Crippen LogP contribution in [0.4, 0.5) is 23.4 Å². The second-order valence-electron chi connectivity index (χ2n) is 6.68. The third-order valence-corrected chi connectivity index (χ3v) is 4.20. The van der Waals surface area contributed by atoms with Gasteiger partial charge in [-0.2, -0.15) is 13.2 Å². The van der Waals surface area contributed by atoms with Crippen LogP contribution in [0.2, 0.25) is 0 Å². The Kier molecular flexibility index (Phi) is 13.8. The van der Waals surface area contributed by atoms with Gasteiger partial charge in [0.25, 0.3) is 0 Å². The fourth-order valence-electron chi connectivity index (χ4n) is 2.75. The molecule has 1 saturated heterocycles. The zero-order chi connectivity index (χ0) is 24.2. The Morgan fingerprint density at radius 2 is 1.90 bits per heavy atom. The maximum absolute atomic E-state index is 13.0. The molecule has 0 radical (unpaired) electrons. The van der Waals surface area contributed by atoms with Gasteiger partial charge in [0.05, 0.1) is 12.2 Å². The van der Waals surface area contributed by atoms with E-state index in [9.17, 15) is 17.6 Å². The highest BCUT2D eigenvalue weighted by Crippen LogP contribution is 2.30. The first-order valence-electron chi connectivity index (χ1n) is 9.75. The van der Waals surface area contributed by atoms with E-state index in [0.29, 0.717) is 23.5 Å². The van der Waals surface area contributed by atoms with Gasteiger partial charge in [0.15, 0.2) is 0 Å². The molecule has 1 aromatic rings. The summed E-state index contributed by atoms with van der Waals surface area (Å²) in [5.74, 6) is -0.0578. The number of nitrogens with one attached hydrogen (secondary N) is 2. The molecular formula is C22H30F4IN3S. The molecule has 1 atom stereocenters. The molecule has 0 bridgehead atoms. The summed E-state index contributed by atoms with van der Waals surface area (Å²) in [6.07, 6.45) is 0.188. The highest BCUT2D eigenvalue weighted by molar-refractivity contribution is 14.2. The third kappa shape index (κ3) is 10.1. The van der Waals surface area contributed by atoms with E-state index in [0.717, 1.165) is 24.4 Å². The number of pyridine rings is 1. The molecule has 1 unspecified atom stereocenters. The van der Waals surface area contributed by atoms with E-state index in [-0.39, 0.29) is 12.0 Å². The lowest BCUT2D eigenvalue weighted by molar-refractivity contribution is -0.0878. The molecule has 3 nitrogen and oxygen atoms in total. The summed E-state index contributed by atoms with van der Waals surface area (Å²) < 4.78 is 51.5. The number of anilines is 1. The minimum absolute atomic E-state index is 0.112. The van der Waals surface area contributed by atoms with Gasteiger partial charge in [-0.15, -0.1) is 9.80 Å². The first-order valence-corrected chi connectivity index (χ1v) is 13.0. The van der Waals surface area contributed by atoms with E-state index in [1.165, 1.54) is 12.1 Å². The molecule has 2 heterocycles. The molecule has 1 fully saturated rings. The monoisotopic (exact) mass is 571 g/mol. The van der Waals surface area contributed by atoms with Crippen molar-refractivity contribution in [2.24, 2.45) is 5.92 Å². The Morgan fingerprint density at radius 3 is 2.39 bits per heavy atom. The molecule has 31 heavy (non-hydrogen) atoms. The standard InChI is InChI=1S/C20H23F4N3.C2H6.HIS/c1-12(2)16(10-14(4)20(22,23)24)13(3)9-18-17(7-8-25-18)27-19-6-5-15(21)11-26-19;2*1-2/h5-6,9-12,17,25H,3-4,7-8H2,1-2H3,(H,26,27);1-2H3;2H/b16-10+,18-9-;;. The van der Waals surface area contributed by atoms with Crippen LogP contribution in [0.1, 0.15) is 34.1 Å². The molecular weight excluding hydrogens is 541 g/mol. The molecule has 1 aliphatic heterocycles. The number of allylic oxidation sites excluding steroid dienone is 5. The summed E-state index contributed by atoms with van der Waals surface area (Å²) in [7, 11) is 3.50. The van der Waals surface area contributed by atoms with Crippen molar-refractivity contribution in [2.75, 3.05) is 11.9 Å². The topological polar surface area (TPSA) is 37.0 Å². The van der Waals surface area contributed by atoms with Gasteiger partial charge in [-0.3, -0.25) is 0 Å². The van der Waals surface area contributed by atoms with Gasteiger partial charge < -0.3 is 10.6 Å². The van der Waals surface area contributed by atoms with E-state index < -0.39 is 17.6 Å². The molecule has 174 valence electrons. The molecule has 0 spiro atoms. The van der Waals surface area contributed by atoms with Gasteiger partial charge in [0.1, 0.15) is 11.6 Å². The van der Waals surface area contributed by atoms with Gasteiger partial charge in [-0.05, 0) is 69.0 Å². The lowest BCUT2D eigenvalue weighted by Gasteiger charge is -2.18. The summed E-state index contributed by atoms with van der Waals surface area (Å²) in [4.78, 5) is 3.97. The first kappa shape index (κ1) is 29.5. The largest absolute Gasteiger partial charge is 0.415 e. The zero-order valence-corrected chi connectivity index (χ0v) is 21.2. The van der Waals surface area contributed by atoms with Crippen LogP contribution in [0.25, 0.3) is 0 Å². The van der Waals surface area contributed by atoms with Crippen molar-refractivity contribution in [3.8, 4) is 0 Å². The maximum Gasteiger partial charge on any atom is 0.415 e. The number of nitrogens with zero attached hydrogens (tertiary/aromatic N) is 1. The number of alkyl halides is 3. The minimum atomic E-state index is -4.47. The summed E-state index contributed by atoms with van der Waals surface area (Å²) in [6.45, 7) is 15.4.